The van der Waals surface area contributed by atoms with E-state index in [0.29, 0.717) is 0 Å². The second kappa shape index (κ2) is 6.35. The van der Waals surface area contributed by atoms with E-state index in [9.17, 15) is 17.6 Å². The maximum atomic E-state index is 13.7. The number of carbonyl (C=O) groups is 1. The van der Waals surface area contributed by atoms with Crippen molar-refractivity contribution in [3.63, 3.8) is 0 Å². The fraction of sp³-hybridized carbons (Fsp3) is 0.133. The summed E-state index contributed by atoms with van der Waals surface area (Å²) in [5.41, 5.74) is 0.671. The summed E-state index contributed by atoms with van der Waals surface area (Å²) >= 11 is 0. The number of sulfonamides is 1. The van der Waals surface area contributed by atoms with E-state index < -0.39 is 21.7 Å². The van der Waals surface area contributed by atoms with Gasteiger partial charge in [0.25, 0.3) is 5.91 Å². The third-order valence-corrected chi connectivity index (χ3v) is 4.03. The van der Waals surface area contributed by atoms with Crippen molar-refractivity contribution in [3.05, 3.63) is 53.3 Å². The Hall–Kier alpha value is -2.45. The number of nitrogens with one attached hydrogen (secondary N) is 1. The van der Waals surface area contributed by atoms with Gasteiger partial charge in [-0.15, -0.1) is 0 Å². The van der Waals surface area contributed by atoms with Gasteiger partial charge >= 0.3 is 0 Å². The van der Waals surface area contributed by atoms with Crippen molar-refractivity contribution in [2.75, 3.05) is 12.4 Å². The molecule has 8 heteroatoms. The summed E-state index contributed by atoms with van der Waals surface area (Å²) in [6.45, 7) is 1.75. The van der Waals surface area contributed by atoms with Crippen LogP contribution >= 0.6 is 0 Å². The molecular formula is C15H15FN2O4S. The van der Waals surface area contributed by atoms with Crippen LogP contribution in [0.5, 0.6) is 5.75 Å². The van der Waals surface area contributed by atoms with E-state index in [2.05, 4.69) is 5.32 Å². The first kappa shape index (κ1) is 16.9. The van der Waals surface area contributed by atoms with E-state index in [1.54, 1.807) is 13.0 Å². The zero-order valence-corrected chi connectivity index (χ0v) is 13.3. The number of hydrogen-bond acceptors (Lipinski definition) is 4. The predicted molar refractivity (Wildman–Crippen MR) is 83.5 cm³/mol. The summed E-state index contributed by atoms with van der Waals surface area (Å²) in [6.07, 6.45) is 0. The van der Waals surface area contributed by atoms with Crippen LogP contribution in [0.3, 0.4) is 0 Å². The molecule has 3 N–H and O–H groups in total. The summed E-state index contributed by atoms with van der Waals surface area (Å²) in [7, 11) is -2.65. The van der Waals surface area contributed by atoms with Crippen LogP contribution in [0, 0.1) is 12.7 Å². The number of anilines is 1. The molecule has 0 fully saturated rings. The number of benzene rings is 2. The lowest BCUT2D eigenvalue weighted by Gasteiger charge is -2.11. The summed E-state index contributed by atoms with van der Waals surface area (Å²) in [5.74, 6) is -1.18. The lowest BCUT2D eigenvalue weighted by atomic mass is 10.1. The number of aryl methyl sites for hydroxylation is 1. The first-order valence-corrected chi connectivity index (χ1v) is 8.05. The third kappa shape index (κ3) is 3.85. The quantitative estimate of drug-likeness (QED) is 0.891. The molecule has 0 saturated heterocycles. The molecule has 0 bridgehead atoms. The molecule has 1 amide bonds. The molecule has 0 aliphatic heterocycles. The standard InChI is InChI=1S/C15H15FN2O4S/c1-9-3-5-12(16)13(7-9)18-15(19)11-8-10(23(17,20)21)4-6-14(11)22-2/h3-8H,1-2H3,(H,18,19)(H2,17,20,21). The molecule has 0 atom stereocenters. The largest absolute Gasteiger partial charge is 0.496 e. The van der Waals surface area contributed by atoms with Gasteiger partial charge in [-0.3, -0.25) is 4.79 Å². The molecule has 0 aromatic heterocycles. The second-order valence-electron chi connectivity index (χ2n) is 4.84. The highest BCUT2D eigenvalue weighted by Gasteiger charge is 2.18. The van der Waals surface area contributed by atoms with Gasteiger partial charge in [-0.25, -0.2) is 17.9 Å². The van der Waals surface area contributed by atoms with E-state index in [-0.39, 0.29) is 21.9 Å². The molecule has 0 saturated carbocycles. The zero-order valence-electron chi connectivity index (χ0n) is 12.5. The number of hydrogen-bond donors (Lipinski definition) is 2. The van der Waals surface area contributed by atoms with Crippen molar-refractivity contribution >= 4 is 21.6 Å². The van der Waals surface area contributed by atoms with E-state index in [1.807, 2.05) is 0 Å². The first-order valence-electron chi connectivity index (χ1n) is 6.50. The molecule has 0 unspecified atom stereocenters. The Balaban J connectivity index is 2.43. The number of primary sulfonamides is 1. The smallest absolute Gasteiger partial charge is 0.259 e. The maximum Gasteiger partial charge on any atom is 0.259 e. The summed E-state index contributed by atoms with van der Waals surface area (Å²) in [4.78, 5) is 12.1. The van der Waals surface area contributed by atoms with Gasteiger partial charge in [0.05, 0.1) is 23.3 Å². The minimum atomic E-state index is -3.98. The normalized spacial score (nSPS) is 11.1. The molecule has 0 aliphatic carbocycles. The van der Waals surface area contributed by atoms with Crippen molar-refractivity contribution in [1.82, 2.24) is 0 Å². The van der Waals surface area contributed by atoms with E-state index in [1.165, 1.54) is 31.4 Å². The predicted octanol–water partition coefficient (Wildman–Crippen LogP) is 2.04. The number of carbonyl (C=O) groups excluding carboxylic acids is 1. The molecule has 0 radical (unpaired) electrons. The molecule has 0 heterocycles. The Labute approximate surface area is 133 Å². The van der Waals surface area contributed by atoms with Gasteiger partial charge in [-0.05, 0) is 42.8 Å². The molecule has 2 aromatic rings. The highest BCUT2D eigenvalue weighted by molar-refractivity contribution is 7.89. The van der Waals surface area contributed by atoms with Crippen LogP contribution in [-0.2, 0) is 10.0 Å². The summed E-state index contributed by atoms with van der Waals surface area (Å²) in [6, 6.07) is 7.86. The van der Waals surface area contributed by atoms with Crippen LogP contribution in [-0.4, -0.2) is 21.4 Å². The second-order valence-corrected chi connectivity index (χ2v) is 6.41. The monoisotopic (exact) mass is 338 g/mol. The van der Waals surface area contributed by atoms with Gasteiger partial charge in [0.2, 0.25) is 10.0 Å². The van der Waals surface area contributed by atoms with Crippen molar-refractivity contribution in [2.45, 2.75) is 11.8 Å². The molecule has 0 aliphatic rings. The van der Waals surface area contributed by atoms with Gasteiger partial charge < -0.3 is 10.1 Å². The van der Waals surface area contributed by atoms with Crippen LogP contribution in [0.1, 0.15) is 15.9 Å². The van der Waals surface area contributed by atoms with Crippen molar-refractivity contribution in [3.8, 4) is 5.75 Å². The van der Waals surface area contributed by atoms with Crippen LogP contribution in [0.25, 0.3) is 0 Å². The van der Waals surface area contributed by atoms with E-state index in [0.717, 1.165) is 11.6 Å². The fourth-order valence-corrected chi connectivity index (χ4v) is 2.51. The van der Waals surface area contributed by atoms with Crippen molar-refractivity contribution in [2.24, 2.45) is 5.14 Å². The lowest BCUT2D eigenvalue weighted by molar-refractivity contribution is 0.102. The molecule has 2 aromatic carbocycles. The number of methoxy groups -OCH3 is 1. The molecule has 0 spiro atoms. The topological polar surface area (TPSA) is 98.5 Å². The van der Waals surface area contributed by atoms with Gasteiger partial charge in [-0.2, -0.15) is 0 Å². The summed E-state index contributed by atoms with van der Waals surface area (Å²) < 4.78 is 41.6. The van der Waals surface area contributed by atoms with Gasteiger partial charge in [-0.1, -0.05) is 6.07 Å². The molecule has 122 valence electrons. The third-order valence-electron chi connectivity index (χ3n) is 3.11. The Kier molecular flexibility index (Phi) is 4.67. The fourth-order valence-electron chi connectivity index (χ4n) is 1.97. The van der Waals surface area contributed by atoms with Crippen LogP contribution in [0.2, 0.25) is 0 Å². The average Bonchev–Trinajstić information content (AvgIpc) is 2.49. The van der Waals surface area contributed by atoms with Gasteiger partial charge in [0.15, 0.2) is 0 Å². The highest BCUT2D eigenvalue weighted by Crippen LogP contribution is 2.24. The van der Waals surface area contributed by atoms with Crippen molar-refractivity contribution in [1.29, 1.82) is 0 Å². The number of amides is 1. The molecule has 23 heavy (non-hydrogen) atoms. The van der Waals surface area contributed by atoms with Gasteiger partial charge in [0.1, 0.15) is 11.6 Å². The minimum absolute atomic E-state index is 0.0157. The maximum absolute atomic E-state index is 13.7. The summed E-state index contributed by atoms with van der Waals surface area (Å²) in [5, 5.41) is 7.44. The highest BCUT2D eigenvalue weighted by atomic mass is 32.2. The zero-order chi connectivity index (χ0) is 17.2. The molecule has 2 rings (SSSR count). The Morgan fingerprint density at radius 3 is 2.52 bits per heavy atom. The van der Waals surface area contributed by atoms with E-state index >= 15 is 0 Å². The van der Waals surface area contributed by atoms with Crippen LogP contribution in [0.15, 0.2) is 41.3 Å². The van der Waals surface area contributed by atoms with E-state index in [4.69, 9.17) is 9.88 Å². The van der Waals surface area contributed by atoms with Gasteiger partial charge in [0, 0.05) is 0 Å². The Morgan fingerprint density at radius 1 is 1.22 bits per heavy atom. The van der Waals surface area contributed by atoms with Crippen LogP contribution < -0.4 is 15.2 Å². The van der Waals surface area contributed by atoms with Crippen molar-refractivity contribution < 1.29 is 22.3 Å². The average molecular weight is 338 g/mol. The number of rotatable bonds is 4. The van der Waals surface area contributed by atoms with Crippen LogP contribution in [0.4, 0.5) is 10.1 Å². The Morgan fingerprint density at radius 2 is 1.91 bits per heavy atom. The first-order chi connectivity index (χ1) is 10.7. The Bertz CT molecular complexity index is 866. The number of nitrogens with two attached hydrogens (primary N) is 1. The number of halogens is 1. The number of ether oxygens (including phenoxy) is 1. The lowest BCUT2D eigenvalue weighted by Crippen LogP contribution is -2.17. The SMILES string of the molecule is COc1ccc(S(N)(=O)=O)cc1C(=O)Nc1cc(C)ccc1F. The minimum Gasteiger partial charge on any atom is -0.496 e. The molecule has 6 nitrogen and oxygen atoms in total. The molecular weight excluding hydrogens is 323 g/mol.